The minimum absolute atomic E-state index is 0.0750. The number of thioether (sulfide) groups is 1. The van der Waals surface area contributed by atoms with Gasteiger partial charge in [0.1, 0.15) is 15.8 Å². The van der Waals surface area contributed by atoms with Crippen LogP contribution in [0.3, 0.4) is 0 Å². The first-order valence-electron chi connectivity index (χ1n) is 7.07. The van der Waals surface area contributed by atoms with Gasteiger partial charge in [-0.15, -0.1) is 0 Å². The number of nitrogens with zero attached hydrogens (tertiary/aromatic N) is 1. The smallest absolute Gasteiger partial charge is 0.266 e. The largest absolute Gasteiger partial charge is 0.497 e. The lowest BCUT2D eigenvalue weighted by Gasteiger charge is -2.13. The van der Waals surface area contributed by atoms with Gasteiger partial charge in [-0.05, 0) is 24.6 Å². The quantitative estimate of drug-likeness (QED) is 0.427. The van der Waals surface area contributed by atoms with E-state index in [-0.39, 0.29) is 5.91 Å². The van der Waals surface area contributed by atoms with Gasteiger partial charge in [-0.25, -0.2) is 0 Å². The number of hydrogen-bond acceptors (Lipinski definition) is 6. The average molecular weight is 353 g/mol. The Hall–Kier alpha value is -1.57. The van der Waals surface area contributed by atoms with E-state index in [1.54, 1.807) is 38.4 Å². The van der Waals surface area contributed by atoms with Gasteiger partial charge in [-0.1, -0.05) is 24.0 Å². The fourth-order valence-corrected chi connectivity index (χ4v) is 3.44. The summed E-state index contributed by atoms with van der Waals surface area (Å²) in [5.74, 6) is 1.27. The van der Waals surface area contributed by atoms with E-state index >= 15 is 0 Å². The first kappa shape index (κ1) is 17.8. The van der Waals surface area contributed by atoms with Crippen LogP contribution in [0.1, 0.15) is 12.0 Å². The lowest BCUT2D eigenvalue weighted by Crippen LogP contribution is -2.29. The molecule has 1 fully saturated rings. The van der Waals surface area contributed by atoms with Crippen molar-refractivity contribution >= 4 is 40.3 Å². The van der Waals surface area contributed by atoms with Gasteiger partial charge in [0.05, 0.1) is 19.1 Å². The molecule has 0 spiro atoms. The number of amides is 1. The number of thiocarbonyl (C=S) groups is 1. The van der Waals surface area contributed by atoms with E-state index < -0.39 is 0 Å². The number of ether oxygens (including phenoxy) is 3. The Morgan fingerprint density at radius 3 is 2.70 bits per heavy atom. The molecule has 0 aliphatic carbocycles. The molecule has 23 heavy (non-hydrogen) atoms. The highest BCUT2D eigenvalue weighted by molar-refractivity contribution is 8.26. The van der Waals surface area contributed by atoms with Gasteiger partial charge in [-0.2, -0.15) is 0 Å². The molecule has 2 rings (SSSR count). The summed E-state index contributed by atoms with van der Waals surface area (Å²) >= 11 is 6.60. The predicted molar refractivity (Wildman–Crippen MR) is 95.9 cm³/mol. The molecule has 124 valence electrons. The number of hydrogen-bond donors (Lipinski definition) is 0. The molecule has 1 saturated heterocycles. The van der Waals surface area contributed by atoms with Gasteiger partial charge >= 0.3 is 0 Å². The molecule has 1 aromatic carbocycles. The molecule has 1 aliphatic rings. The van der Waals surface area contributed by atoms with Crippen LogP contribution >= 0.6 is 24.0 Å². The maximum absolute atomic E-state index is 12.5. The molecule has 0 unspecified atom stereocenters. The zero-order valence-corrected chi connectivity index (χ0v) is 15.0. The minimum atomic E-state index is -0.0750. The van der Waals surface area contributed by atoms with Crippen molar-refractivity contribution in [2.75, 3.05) is 34.5 Å². The Labute approximate surface area is 145 Å². The van der Waals surface area contributed by atoms with E-state index in [9.17, 15) is 4.79 Å². The molecule has 1 amide bonds. The Kier molecular flexibility index (Phi) is 6.44. The molecule has 1 aromatic rings. The molecule has 0 saturated carbocycles. The van der Waals surface area contributed by atoms with Crippen molar-refractivity contribution < 1.29 is 19.0 Å². The van der Waals surface area contributed by atoms with Crippen molar-refractivity contribution in [3.05, 3.63) is 28.7 Å². The normalized spacial score (nSPS) is 16.3. The third kappa shape index (κ3) is 4.25. The zero-order valence-electron chi connectivity index (χ0n) is 13.3. The summed E-state index contributed by atoms with van der Waals surface area (Å²) in [6.07, 6.45) is 2.55. The Bertz CT molecular complexity index is 631. The van der Waals surface area contributed by atoms with Crippen molar-refractivity contribution in [3.8, 4) is 11.5 Å². The lowest BCUT2D eigenvalue weighted by molar-refractivity contribution is -0.122. The summed E-state index contributed by atoms with van der Waals surface area (Å²) < 4.78 is 16.1. The highest BCUT2D eigenvalue weighted by atomic mass is 32.2. The summed E-state index contributed by atoms with van der Waals surface area (Å²) in [5.41, 5.74) is 0.811. The minimum Gasteiger partial charge on any atom is -0.497 e. The monoisotopic (exact) mass is 353 g/mol. The Morgan fingerprint density at radius 2 is 2.04 bits per heavy atom. The van der Waals surface area contributed by atoms with Gasteiger partial charge in [-0.3, -0.25) is 9.69 Å². The molecule has 0 radical (unpaired) electrons. The van der Waals surface area contributed by atoms with Crippen LogP contribution < -0.4 is 9.47 Å². The first-order valence-corrected chi connectivity index (χ1v) is 8.29. The summed E-state index contributed by atoms with van der Waals surface area (Å²) in [6.45, 7) is 1.16. The number of carbonyl (C=O) groups is 1. The maximum atomic E-state index is 12.5. The van der Waals surface area contributed by atoms with Crippen LogP contribution in [0.5, 0.6) is 11.5 Å². The fourth-order valence-electron chi connectivity index (χ4n) is 2.14. The standard InChI is InChI=1S/C16H19NO4S2/c1-19-8-4-7-17-15(18)14(23-16(17)22)9-11-5-6-12(20-2)10-13(11)21-3/h5-6,9-10H,4,7-8H2,1-3H3/b14-9-. The van der Waals surface area contributed by atoms with E-state index in [0.29, 0.717) is 33.9 Å². The van der Waals surface area contributed by atoms with Crippen molar-refractivity contribution in [3.63, 3.8) is 0 Å². The molecule has 1 heterocycles. The third-order valence-corrected chi connectivity index (χ3v) is 4.71. The van der Waals surface area contributed by atoms with Gasteiger partial charge in [0.25, 0.3) is 5.91 Å². The molecule has 5 nitrogen and oxygen atoms in total. The molecule has 0 bridgehead atoms. The number of carbonyl (C=O) groups excluding carboxylic acids is 1. The Morgan fingerprint density at radius 1 is 1.26 bits per heavy atom. The van der Waals surface area contributed by atoms with Crippen molar-refractivity contribution in [1.29, 1.82) is 0 Å². The second-order valence-electron chi connectivity index (χ2n) is 4.79. The molecule has 0 N–H and O–H groups in total. The van der Waals surface area contributed by atoms with E-state index in [1.807, 2.05) is 12.1 Å². The van der Waals surface area contributed by atoms with E-state index in [1.165, 1.54) is 11.8 Å². The zero-order chi connectivity index (χ0) is 16.8. The van der Waals surface area contributed by atoms with Crippen LogP contribution in [0.15, 0.2) is 23.1 Å². The second-order valence-corrected chi connectivity index (χ2v) is 6.46. The predicted octanol–water partition coefficient (Wildman–Crippen LogP) is 2.94. The summed E-state index contributed by atoms with van der Waals surface area (Å²) in [5, 5.41) is 0. The molecular weight excluding hydrogens is 334 g/mol. The van der Waals surface area contributed by atoms with Crippen LogP contribution in [0, 0.1) is 0 Å². The molecule has 0 atom stereocenters. The van der Waals surface area contributed by atoms with Crippen LogP contribution in [0.2, 0.25) is 0 Å². The SMILES string of the molecule is COCCCN1C(=O)/C(=C/c2ccc(OC)cc2OC)SC1=S. The van der Waals surface area contributed by atoms with Gasteiger partial charge < -0.3 is 14.2 Å². The summed E-state index contributed by atoms with van der Waals surface area (Å²) in [7, 11) is 4.82. The maximum Gasteiger partial charge on any atom is 0.266 e. The van der Waals surface area contributed by atoms with Crippen LogP contribution in [-0.4, -0.2) is 49.6 Å². The molecule has 7 heteroatoms. The summed E-state index contributed by atoms with van der Waals surface area (Å²) in [4.78, 5) is 14.7. The number of rotatable bonds is 7. The average Bonchev–Trinajstić information content (AvgIpc) is 2.82. The first-order chi connectivity index (χ1) is 11.1. The van der Waals surface area contributed by atoms with Crippen molar-refractivity contribution in [2.24, 2.45) is 0 Å². The van der Waals surface area contributed by atoms with Crippen LogP contribution in [-0.2, 0) is 9.53 Å². The van der Waals surface area contributed by atoms with Crippen molar-refractivity contribution in [1.82, 2.24) is 4.90 Å². The van der Waals surface area contributed by atoms with Gasteiger partial charge in [0.15, 0.2) is 0 Å². The summed E-state index contributed by atoms with van der Waals surface area (Å²) in [6, 6.07) is 5.47. The molecule has 0 aromatic heterocycles. The van der Waals surface area contributed by atoms with E-state index in [2.05, 4.69) is 0 Å². The fraction of sp³-hybridized carbons (Fsp3) is 0.375. The van der Waals surface area contributed by atoms with Gasteiger partial charge in [0, 0.05) is 31.9 Å². The Balaban J connectivity index is 2.20. The lowest BCUT2D eigenvalue weighted by atomic mass is 10.1. The molecule has 1 aliphatic heterocycles. The van der Waals surface area contributed by atoms with Crippen molar-refractivity contribution in [2.45, 2.75) is 6.42 Å². The second kappa shape index (κ2) is 8.33. The van der Waals surface area contributed by atoms with E-state index in [4.69, 9.17) is 26.4 Å². The number of benzene rings is 1. The molecular formula is C16H19NO4S2. The highest BCUT2D eigenvalue weighted by Gasteiger charge is 2.31. The highest BCUT2D eigenvalue weighted by Crippen LogP contribution is 2.35. The number of methoxy groups -OCH3 is 3. The van der Waals surface area contributed by atoms with Crippen LogP contribution in [0.4, 0.5) is 0 Å². The topological polar surface area (TPSA) is 48.0 Å². The van der Waals surface area contributed by atoms with Gasteiger partial charge in [0.2, 0.25) is 0 Å². The van der Waals surface area contributed by atoms with E-state index in [0.717, 1.165) is 12.0 Å². The van der Waals surface area contributed by atoms with Crippen LogP contribution in [0.25, 0.3) is 6.08 Å². The third-order valence-electron chi connectivity index (χ3n) is 3.33.